The van der Waals surface area contributed by atoms with E-state index in [0.29, 0.717) is 24.1 Å². The van der Waals surface area contributed by atoms with Crippen molar-refractivity contribution >= 4 is 17.5 Å². The lowest BCUT2D eigenvalue weighted by atomic mass is 9.98. The molecular weight excluding hydrogens is 452 g/mol. The van der Waals surface area contributed by atoms with Crippen molar-refractivity contribution in [3.63, 3.8) is 0 Å². The van der Waals surface area contributed by atoms with E-state index < -0.39 is 6.10 Å². The number of anilines is 1. The number of benzene rings is 1. The Labute approximate surface area is 212 Å². The van der Waals surface area contributed by atoms with Crippen molar-refractivity contribution in [1.82, 2.24) is 15.2 Å². The standard InChI is InChI=1S/C29H34N4O3/c1-2-33(23-13-17-32(18-14-23)22-11-15-30-16-12-22)29(36)21-8-7-20-9-10-26(25(20)19-21)31-28(35)24-5-3-4-6-27(24)34/h3-5,7-8,11-12,15-16,19,23,26-27,34H,2,6,9-10,13-14,17-18H2,1H3,(H,31,35). The summed E-state index contributed by atoms with van der Waals surface area (Å²) >= 11 is 0. The quantitative estimate of drug-likeness (QED) is 0.652. The molecule has 1 saturated heterocycles. The lowest BCUT2D eigenvalue weighted by Crippen LogP contribution is -2.47. The van der Waals surface area contributed by atoms with Crippen LogP contribution < -0.4 is 10.2 Å². The smallest absolute Gasteiger partial charge is 0.254 e. The molecule has 7 nitrogen and oxygen atoms in total. The summed E-state index contributed by atoms with van der Waals surface area (Å²) in [5.41, 5.74) is 4.43. The number of fused-ring (bicyclic) bond motifs is 1. The molecule has 2 heterocycles. The second-order valence-corrected chi connectivity index (χ2v) is 9.79. The van der Waals surface area contributed by atoms with E-state index in [4.69, 9.17) is 0 Å². The SMILES string of the molecule is CCN(C(=O)c1ccc2c(c1)C(NC(=O)C1=CC=CCC1O)CC2)C1CCN(c2ccncc2)CC1. The molecule has 0 bridgehead atoms. The molecule has 2 aromatic rings. The van der Waals surface area contributed by atoms with Crippen LogP contribution in [0.2, 0.25) is 0 Å². The van der Waals surface area contributed by atoms with Crippen molar-refractivity contribution in [2.75, 3.05) is 24.5 Å². The van der Waals surface area contributed by atoms with Gasteiger partial charge in [-0.05, 0) is 74.4 Å². The van der Waals surface area contributed by atoms with Crippen molar-refractivity contribution in [3.8, 4) is 0 Å². The topological polar surface area (TPSA) is 85.8 Å². The van der Waals surface area contributed by atoms with Crippen LogP contribution in [0.1, 0.15) is 60.1 Å². The van der Waals surface area contributed by atoms with E-state index in [1.54, 1.807) is 6.08 Å². The van der Waals surface area contributed by atoms with Gasteiger partial charge in [-0.3, -0.25) is 14.6 Å². The van der Waals surface area contributed by atoms with E-state index in [1.165, 1.54) is 11.3 Å². The number of carbonyl (C=O) groups is 2. The van der Waals surface area contributed by atoms with Crippen LogP contribution in [0.15, 0.2) is 66.5 Å². The Morgan fingerprint density at radius 1 is 1.14 bits per heavy atom. The molecule has 188 valence electrons. The average Bonchev–Trinajstić information content (AvgIpc) is 3.32. The maximum absolute atomic E-state index is 13.6. The van der Waals surface area contributed by atoms with Crippen LogP contribution in [0.5, 0.6) is 0 Å². The number of rotatable bonds is 6. The van der Waals surface area contributed by atoms with Gasteiger partial charge in [-0.25, -0.2) is 0 Å². The van der Waals surface area contributed by atoms with Crippen LogP contribution in [-0.4, -0.2) is 58.6 Å². The van der Waals surface area contributed by atoms with E-state index in [2.05, 4.69) is 15.2 Å². The fraction of sp³-hybridized carbons (Fsp3) is 0.414. The van der Waals surface area contributed by atoms with E-state index in [0.717, 1.165) is 44.3 Å². The highest BCUT2D eigenvalue weighted by Gasteiger charge is 2.31. The number of pyridine rings is 1. The maximum Gasteiger partial charge on any atom is 0.254 e. The molecule has 1 aromatic heterocycles. The second kappa shape index (κ2) is 10.7. The normalized spacial score (nSPS) is 21.6. The average molecular weight is 487 g/mol. The van der Waals surface area contributed by atoms with Gasteiger partial charge in [0.05, 0.1) is 12.1 Å². The zero-order valence-corrected chi connectivity index (χ0v) is 20.8. The van der Waals surface area contributed by atoms with Crippen LogP contribution in [0.4, 0.5) is 5.69 Å². The van der Waals surface area contributed by atoms with Gasteiger partial charge in [0.1, 0.15) is 0 Å². The first kappa shape index (κ1) is 24.3. The molecule has 1 fully saturated rings. The molecule has 2 unspecified atom stereocenters. The first-order valence-electron chi connectivity index (χ1n) is 13.0. The van der Waals surface area contributed by atoms with Crippen molar-refractivity contribution in [2.24, 2.45) is 0 Å². The molecule has 1 aliphatic heterocycles. The van der Waals surface area contributed by atoms with E-state index >= 15 is 0 Å². The molecule has 0 saturated carbocycles. The predicted molar refractivity (Wildman–Crippen MR) is 140 cm³/mol. The molecule has 3 aliphatic rings. The number of aliphatic hydroxyl groups excluding tert-OH is 1. The van der Waals surface area contributed by atoms with Crippen molar-refractivity contribution in [3.05, 3.63) is 83.2 Å². The monoisotopic (exact) mass is 486 g/mol. The summed E-state index contributed by atoms with van der Waals surface area (Å²) in [6, 6.07) is 10.0. The van der Waals surface area contributed by atoms with E-state index in [9.17, 15) is 14.7 Å². The maximum atomic E-state index is 13.6. The summed E-state index contributed by atoms with van der Waals surface area (Å²) in [6.45, 7) is 4.53. The third-order valence-electron chi connectivity index (χ3n) is 7.70. The molecule has 36 heavy (non-hydrogen) atoms. The predicted octanol–water partition coefficient (Wildman–Crippen LogP) is 3.56. The number of hydrogen-bond donors (Lipinski definition) is 2. The Bertz CT molecular complexity index is 1170. The van der Waals surface area contributed by atoms with Gasteiger partial charge in [-0.1, -0.05) is 24.3 Å². The van der Waals surface area contributed by atoms with Crippen LogP contribution >= 0.6 is 0 Å². The summed E-state index contributed by atoms with van der Waals surface area (Å²) < 4.78 is 0. The molecule has 0 radical (unpaired) electrons. The summed E-state index contributed by atoms with van der Waals surface area (Å²) in [7, 11) is 0. The fourth-order valence-corrected chi connectivity index (χ4v) is 5.70. The number of nitrogens with zero attached hydrogens (tertiary/aromatic N) is 3. The Morgan fingerprint density at radius 2 is 1.92 bits per heavy atom. The number of aromatic nitrogens is 1. The minimum atomic E-state index is -0.771. The number of allylic oxidation sites excluding steroid dienone is 2. The molecule has 2 N–H and O–H groups in total. The fourth-order valence-electron chi connectivity index (χ4n) is 5.70. The van der Waals surface area contributed by atoms with E-state index in [1.807, 2.05) is 66.7 Å². The summed E-state index contributed by atoms with van der Waals surface area (Å²) in [5, 5.41) is 13.3. The van der Waals surface area contributed by atoms with Gasteiger partial charge in [-0.2, -0.15) is 0 Å². The Kier molecular flexibility index (Phi) is 7.18. The molecule has 2 aliphatic carbocycles. The summed E-state index contributed by atoms with van der Waals surface area (Å²) in [4.78, 5) is 34.9. The number of hydrogen-bond acceptors (Lipinski definition) is 5. The summed E-state index contributed by atoms with van der Waals surface area (Å²) in [5.74, 6) is -0.187. The van der Waals surface area contributed by atoms with Gasteiger partial charge in [0.2, 0.25) is 5.91 Å². The molecule has 7 heteroatoms. The van der Waals surface area contributed by atoms with E-state index in [-0.39, 0.29) is 23.9 Å². The highest BCUT2D eigenvalue weighted by Crippen LogP contribution is 2.33. The number of aliphatic hydroxyl groups is 1. The first-order valence-corrected chi connectivity index (χ1v) is 13.0. The van der Waals surface area contributed by atoms with Gasteiger partial charge in [0.15, 0.2) is 0 Å². The number of piperidine rings is 1. The van der Waals surface area contributed by atoms with Crippen molar-refractivity contribution < 1.29 is 14.7 Å². The largest absolute Gasteiger partial charge is 0.388 e. The van der Waals surface area contributed by atoms with Crippen LogP contribution in [0.3, 0.4) is 0 Å². The summed E-state index contributed by atoms with van der Waals surface area (Å²) in [6.07, 6.45) is 12.2. The highest BCUT2D eigenvalue weighted by molar-refractivity contribution is 5.96. The number of amides is 2. The van der Waals surface area contributed by atoms with Gasteiger partial charge in [0.25, 0.3) is 5.91 Å². The van der Waals surface area contributed by atoms with Gasteiger partial charge in [0, 0.05) is 54.9 Å². The molecular formula is C29H34N4O3. The lowest BCUT2D eigenvalue weighted by molar-refractivity contribution is -0.119. The van der Waals surface area contributed by atoms with Crippen molar-refractivity contribution in [1.29, 1.82) is 0 Å². The Balaban J connectivity index is 1.27. The van der Waals surface area contributed by atoms with Gasteiger partial charge >= 0.3 is 0 Å². The van der Waals surface area contributed by atoms with Crippen LogP contribution in [-0.2, 0) is 11.2 Å². The molecule has 2 amide bonds. The van der Waals surface area contributed by atoms with Crippen LogP contribution in [0, 0.1) is 0 Å². The second-order valence-electron chi connectivity index (χ2n) is 9.79. The Hall–Kier alpha value is -3.45. The minimum Gasteiger partial charge on any atom is -0.388 e. The minimum absolute atomic E-state index is 0.0511. The number of carbonyl (C=O) groups excluding carboxylic acids is 2. The highest BCUT2D eigenvalue weighted by atomic mass is 16.3. The van der Waals surface area contributed by atoms with Crippen LogP contribution in [0.25, 0.3) is 0 Å². The lowest BCUT2D eigenvalue weighted by Gasteiger charge is -2.39. The number of aryl methyl sites for hydroxylation is 1. The molecule has 0 spiro atoms. The van der Waals surface area contributed by atoms with Gasteiger partial charge < -0.3 is 20.2 Å². The van der Waals surface area contributed by atoms with Gasteiger partial charge in [-0.15, -0.1) is 0 Å². The third kappa shape index (κ3) is 4.93. The zero-order chi connectivity index (χ0) is 25.1. The molecule has 1 aromatic carbocycles. The van der Waals surface area contributed by atoms with Crippen molar-refractivity contribution in [2.45, 2.75) is 57.2 Å². The number of nitrogens with one attached hydrogen (secondary N) is 1. The molecule has 5 rings (SSSR count). The third-order valence-corrected chi connectivity index (χ3v) is 7.70. The first-order chi connectivity index (χ1) is 17.5. The zero-order valence-electron chi connectivity index (χ0n) is 20.8. The Morgan fingerprint density at radius 3 is 2.64 bits per heavy atom. The molecule has 2 atom stereocenters.